The van der Waals surface area contributed by atoms with Gasteiger partial charge in [0.05, 0.1) is 59.5 Å². The van der Waals surface area contributed by atoms with Gasteiger partial charge in [-0.05, 0) is 14.1 Å². The summed E-state index contributed by atoms with van der Waals surface area (Å²) in [5.74, 6) is 2.39. The summed E-state index contributed by atoms with van der Waals surface area (Å²) in [4.78, 5) is 2.08. The lowest BCUT2D eigenvalue weighted by atomic mass is 10.6. The second-order valence-corrected chi connectivity index (χ2v) is 4.51. The topological polar surface area (TPSA) is 49.4 Å². The van der Waals surface area contributed by atoms with Crippen LogP contribution in [0, 0.1) is 12.3 Å². The predicted octanol–water partition coefficient (Wildman–Crippen LogP) is 0.264. The van der Waals surface area contributed by atoms with Crippen molar-refractivity contribution in [3.63, 3.8) is 0 Å². The van der Waals surface area contributed by atoms with Gasteiger partial charge in [-0.25, -0.2) is 0 Å². The van der Waals surface area contributed by atoms with Crippen LogP contribution in [-0.2, 0) is 23.7 Å². The SMILES string of the molecule is C#CCOCCOCCOCCOCCOCCN(C)C. The normalized spacial score (nSPS) is 11.0. The molecule has 0 aliphatic heterocycles. The Hall–Kier alpha value is -0.680. The smallest absolute Gasteiger partial charge is 0.107 e. The van der Waals surface area contributed by atoms with Gasteiger partial charge in [-0.2, -0.15) is 0 Å². The van der Waals surface area contributed by atoms with Crippen LogP contribution < -0.4 is 0 Å². The molecule has 0 heterocycles. The van der Waals surface area contributed by atoms with Crippen LogP contribution in [0.3, 0.4) is 0 Å². The second kappa shape index (κ2) is 17.4. The van der Waals surface area contributed by atoms with E-state index in [1.165, 1.54) is 0 Å². The summed E-state index contributed by atoms with van der Waals surface area (Å²) in [5.41, 5.74) is 0. The first-order valence-electron chi connectivity index (χ1n) is 7.24. The highest BCUT2D eigenvalue weighted by molar-refractivity contribution is 4.82. The molecule has 0 aromatic carbocycles. The van der Waals surface area contributed by atoms with Crippen LogP contribution in [0.25, 0.3) is 0 Å². The van der Waals surface area contributed by atoms with Crippen LogP contribution in [0.4, 0.5) is 0 Å². The van der Waals surface area contributed by atoms with E-state index in [4.69, 9.17) is 30.1 Å². The summed E-state index contributed by atoms with van der Waals surface area (Å²) < 4.78 is 26.5. The Bertz CT molecular complexity index is 243. The molecule has 0 N–H and O–H groups in total. The number of likely N-dealkylation sites (N-methyl/N-ethyl adjacent to an activating group) is 1. The van der Waals surface area contributed by atoms with Gasteiger partial charge in [0.2, 0.25) is 0 Å². The summed E-state index contributed by atoms with van der Waals surface area (Å²) >= 11 is 0. The van der Waals surface area contributed by atoms with E-state index in [1.54, 1.807) is 0 Å². The second-order valence-electron chi connectivity index (χ2n) is 4.51. The highest BCUT2D eigenvalue weighted by Gasteiger charge is 1.93. The largest absolute Gasteiger partial charge is 0.378 e. The fraction of sp³-hybridized carbons (Fsp3) is 0.867. The van der Waals surface area contributed by atoms with Gasteiger partial charge in [0.15, 0.2) is 0 Å². The molecule has 0 saturated heterocycles. The van der Waals surface area contributed by atoms with Crippen molar-refractivity contribution in [2.24, 2.45) is 0 Å². The Morgan fingerprint density at radius 1 is 0.667 bits per heavy atom. The maximum absolute atomic E-state index is 5.39. The molecule has 0 amide bonds. The van der Waals surface area contributed by atoms with Gasteiger partial charge in [-0.1, -0.05) is 5.92 Å². The van der Waals surface area contributed by atoms with Crippen molar-refractivity contribution in [1.29, 1.82) is 0 Å². The Kier molecular flexibility index (Phi) is 16.8. The molecule has 0 atom stereocenters. The number of rotatable bonds is 16. The molecule has 0 radical (unpaired) electrons. The van der Waals surface area contributed by atoms with Gasteiger partial charge >= 0.3 is 0 Å². The molecule has 0 fully saturated rings. The predicted molar refractivity (Wildman–Crippen MR) is 81.5 cm³/mol. The highest BCUT2D eigenvalue weighted by Crippen LogP contribution is 1.84. The molecule has 21 heavy (non-hydrogen) atoms. The van der Waals surface area contributed by atoms with Crippen molar-refractivity contribution < 1.29 is 23.7 Å². The maximum atomic E-state index is 5.39. The van der Waals surface area contributed by atoms with Crippen molar-refractivity contribution in [2.45, 2.75) is 0 Å². The molecule has 0 saturated carbocycles. The van der Waals surface area contributed by atoms with Gasteiger partial charge < -0.3 is 28.6 Å². The maximum Gasteiger partial charge on any atom is 0.107 e. The molecule has 6 nitrogen and oxygen atoms in total. The Morgan fingerprint density at radius 3 is 1.43 bits per heavy atom. The van der Waals surface area contributed by atoms with E-state index < -0.39 is 0 Å². The molecule has 0 aliphatic carbocycles. The number of nitrogens with zero attached hydrogens (tertiary/aromatic N) is 1. The van der Waals surface area contributed by atoms with Crippen LogP contribution >= 0.6 is 0 Å². The standard InChI is InChI=1S/C15H29NO5/c1-4-6-17-8-10-19-12-14-21-15-13-20-11-9-18-7-5-16(2)3/h1H,5-15H2,2-3H3. The van der Waals surface area contributed by atoms with Crippen LogP contribution in [0.2, 0.25) is 0 Å². The monoisotopic (exact) mass is 303 g/mol. The highest BCUT2D eigenvalue weighted by atomic mass is 16.6. The van der Waals surface area contributed by atoms with E-state index in [2.05, 4.69) is 10.8 Å². The van der Waals surface area contributed by atoms with E-state index in [1.807, 2.05) is 14.1 Å². The number of hydrogen-bond donors (Lipinski definition) is 0. The Morgan fingerprint density at radius 2 is 1.05 bits per heavy atom. The average molecular weight is 303 g/mol. The van der Waals surface area contributed by atoms with Crippen LogP contribution in [0.5, 0.6) is 0 Å². The first kappa shape index (κ1) is 20.3. The van der Waals surface area contributed by atoms with E-state index in [9.17, 15) is 0 Å². The van der Waals surface area contributed by atoms with E-state index >= 15 is 0 Å². The minimum Gasteiger partial charge on any atom is -0.378 e. The van der Waals surface area contributed by atoms with E-state index in [0.717, 1.165) is 13.2 Å². The molecule has 6 heteroatoms. The Labute approximate surface area is 128 Å². The molecular formula is C15H29NO5. The summed E-state index contributed by atoms with van der Waals surface area (Å²) in [7, 11) is 4.04. The lowest BCUT2D eigenvalue weighted by Gasteiger charge is -2.10. The molecule has 0 rings (SSSR count). The zero-order chi connectivity index (χ0) is 15.6. The van der Waals surface area contributed by atoms with Gasteiger partial charge in [0.25, 0.3) is 0 Å². The van der Waals surface area contributed by atoms with Crippen molar-refractivity contribution >= 4 is 0 Å². The number of terminal acetylenes is 1. The van der Waals surface area contributed by atoms with Gasteiger partial charge in [0.1, 0.15) is 6.61 Å². The number of hydrogen-bond acceptors (Lipinski definition) is 6. The fourth-order valence-electron chi connectivity index (χ4n) is 1.26. The first-order chi connectivity index (χ1) is 10.3. The third-order valence-corrected chi connectivity index (χ3v) is 2.36. The average Bonchev–Trinajstić information content (AvgIpc) is 2.46. The van der Waals surface area contributed by atoms with Crippen LogP contribution in [0.1, 0.15) is 0 Å². The van der Waals surface area contributed by atoms with Crippen molar-refractivity contribution in [1.82, 2.24) is 4.90 Å². The first-order valence-corrected chi connectivity index (χ1v) is 7.24. The molecule has 124 valence electrons. The lowest BCUT2D eigenvalue weighted by molar-refractivity contribution is -0.00987. The quantitative estimate of drug-likeness (QED) is 0.301. The summed E-state index contributed by atoms with van der Waals surface area (Å²) in [6.07, 6.45) is 5.04. The minimum absolute atomic E-state index is 0.329. The Balaban J connectivity index is 2.95. The molecule has 0 aliphatic rings. The summed E-state index contributed by atoms with van der Waals surface area (Å²) in [5, 5.41) is 0. The molecular weight excluding hydrogens is 274 g/mol. The third kappa shape index (κ3) is 19.3. The van der Waals surface area contributed by atoms with Gasteiger partial charge in [-0.3, -0.25) is 0 Å². The number of ether oxygens (including phenoxy) is 5. The van der Waals surface area contributed by atoms with Gasteiger partial charge in [-0.15, -0.1) is 6.42 Å². The summed E-state index contributed by atoms with van der Waals surface area (Å²) in [6, 6.07) is 0. The van der Waals surface area contributed by atoms with E-state index in [0.29, 0.717) is 59.5 Å². The van der Waals surface area contributed by atoms with Crippen LogP contribution in [-0.4, -0.2) is 91.6 Å². The third-order valence-electron chi connectivity index (χ3n) is 2.36. The molecule has 0 spiro atoms. The minimum atomic E-state index is 0.329. The fourth-order valence-corrected chi connectivity index (χ4v) is 1.26. The molecule has 0 unspecified atom stereocenters. The van der Waals surface area contributed by atoms with Crippen LogP contribution in [0.15, 0.2) is 0 Å². The van der Waals surface area contributed by atoms with Gasteiger partial charge in [0, 0.05) is 6.54 Å². The molecule has 0 aromatic rings. The molecule has 0 aromatic heterocycles. The zero-order valence-electron chi connectivity index (χ0n) is 13.3. The van der Waals surface area contributed by atoms with Crippen molar-refractivity contribution in [3.8, 4) is 12.3 Å². The molecule has 0 bridgehead atoms. The summed E-state index contributed by atoms with van der Waals surface area (Å²) in [6.45, 7) is 6.49. The van der Waals surface area contributed by atoms with Crippen molar-refractivity contribution in [2.75, 3.05) is 86.7 Å². The van der Waals surface area contributed by atoms with E-state index in [-0.39, 0.29) is 0 Å². The lowest BCUT2D eigenvalue weighted by Crippen LogP contribution is -2.19. The zero-order valence-corrected chi connectivity index (χ0v) is 13.3. The van der Waals surface area contributed by atoms with Crippen molar-refractivity contribution in [3.05, 3.63) is 0 Å².